The molecule has 0 saturated carbocycles. The highest BCUT2D eigenvalue weighted by molar-refractivity contribution is 6.33. The molecular formula is C19H17ClF3N5O2. The minimum absolute atomic E-state index is 0.0122. The molecule has 1 unspecified atom stereocenters. The van der Waals surface area contributed by atoms with Gasteiger partial charge in [-0.3, -0.25) is 9.48 Å². The minimum Gasteiger partial charge on any atom is -0.373 e. The van der Waals surface area contributed by atoms with Gasteiger partial charge in [0.05, 0.1) is 42.4 Å². The lowest BCUT2D eigenvalue weighted by Crippen LogP contribution is -2.45. The number of halogens is 4. The van der Waals surface area contributed by atoms with Crippen molar-refractivity contribution in [3.63, 3.8) is 0 Å². The van der Waals surface area contributed by atoms with Crippen LogP contribution in [0.4, 0.5) is 18.9 Å². The molecule has 1 atom stereocenters. The molecular weight excluding hydrogens is 423 g/mol. The SMILES string of the molecule is O=c1c(Cl)c(N2CCOC(Cn3cccn3)C2)cnn1-c1cccc(C(F)(F)F)c1. The third-order valence-corrected chi connectivity index (χ3v) is 5.10. The highest BCUT2D eigenvalue weighted by Gasteiger charge is 2.31. The number of benzene rings is 1. The molecule has 3 aromatic rings. The molecule has 0 N–H and O–H groups in total. The highest BCUT2D eigenvalue weighted by Crippen LogP contribution is 2.30. The van der Waals surface area contributed by atoms with E-state index in [9.17, 15) is 18.0 Å². The standard InChI is InChI=1S/C19H17ClF3N5O2/c20-17-16(26-7-8-30-15(11-26)12-27-6-2-5-24-27)10-25-28(18(17)29)14-4-1-3-13(9-14)19(21,22)23/h1-6,9-10,15H,7-8,11-12H2. The second-order valence-corrected chi connectivity index (χ2v) is 7.15. The predicted octanol–water partition coefficient (Wildman–Crippen LogP) is 3.01. The molecule has 0 spiro atoms. The van der Waals surface area contributed by atoms with Gasteiger partial charge in [0, 0.05) is 25.5 Å². The summed E-state index contributed by atoms with van der Waals surface area (Å²) in [6.45, 7) is 1.94. The van der Waals surface area contributed by atoms with E-state index in [-0.39, 0.29) is 16.8 Å². The van der Waals surface area contributed by atoms with Crippen LogP contribution >= 0.6 is 11.6 Å². The molecule has 1 aliphatic heterocycles. The van der Waals surface area contributed by atoms with E-state index in [0.717, 1.165) is 16.8 Å². The number of alkyl halides is 3. The monoisotopic (exact) mass is 439 g/mol. The van der Waals surface area contributed by atoms with Crippen LogP contribution in [0.15, 0.2) is 53.7 Å². The van der Waals surface area contributed by atoms with Crippen LogP contribution in [0.25, 0.3) is 5.69 Å². The summed E-state index contributed by atoms with van der Waals surface area (Å²) in [4.78, 5) is 14.6. The maximum Gasteiger partial charge on any atom is 0.416 e. The molecule has 0 radical (unpaired) electrons. The van der Waals surface area contributed by atoms with Crippen LogP contribution in [-0.2, 0) is 17.5 Å². The van der Waals surface area contributed by atoms with Crippen LogP contribution in [-0.4, -0.2) is 45.4 Å². The van der Waals surface area contributed by atoms with Gasteiger partial charge in [0.25, 0.3) is 5.56 Å². The summed E-state index contributed by atoms with van der Waals surface area (Å²) in [6.07, 6.45) is 0.198. The fourth-order valence-electron chi connectivity index (χ4n) is 3.31. The Morgan fingerprint density at radius 2 is 2.07 bits per heavy atom. The molecule has 0 aliphatic carbocycles. The number of aromatic nitrogens is 4. The zero-order valence-electron chi connectivity index (χ0n) is 15.6. The van der Waals surface area contributed by atoms with Crippen molar-refractivity contribution < 1.29 is 17.9 Å². The van der Waals surface area contributed by atoms with Gasteiger partial charge in [-0.1, -0.05) is 17.7 Å². The molecule has 1 aliphatic rings. The lowest BCUT2D eigenvalue weighted by Gasteiger charge is -2.34. The van der Waals surface area contributed by atoms with Gasteiger partial charge < -0.3 is 9.64 Å². The van der Waals surface area contributed by atoms with Gasteiger partial charge in [0.15, 0.2) is 0 Å². The van der Waals surface area contributed by atoms with E-state index in [2.05, 4.69) is 10.2 Å². The van der Waals surface area contributed by atoms with Crippen LogP contribution in [0.2, 0.25) is 5.02 Å². The molecule has 0 bridgehead atoms. The first kappa shape index (κ1) is 20.4. The Hall–Kier alpha value is -2.85. The van der Waals surface area contributed by atoms with Crippen LogP contribution < -0.4 is 10.5 Å². The zero-order valence-corrected chi connectivity index (χ0v) is 16.3. The average Bonchev–Trinajstić information content (AvgIpc) is 3.23. The number of hydrogen-bond acceptors (Lipinski definition) is 5. The fourth-order valence-corrected chi connectivity index (χ4v) is 3.56. The van der Waals surface area contributed by atoms with E-state index < -0.39 is 17.3 Å². The minimum atomic E-state index is -4.53. The lowest BCUT2D eigenvalue weighted by molar-refractivity contribution is -0.137. The molecule has 11 heteroatoms. The summed E-state index contributed by atoms with van der Waals surface area (Å²) >= 11 is 6.31. The predicted molar refractivity (Wildman–Crippen MR) is 104 cm³/mol. The third-order valence-electron chi connectivity index (χ3n) is 4.75. The summed E-state index contributed by atoms with van der Waals surface area (Å²) < 4.78 is 47.3. The summed E-state index contributed by atoms with van der Waals surface area (Å²) in [5, 5.41) is 8.11. The Balaban J connectivity index is 1.59. The topological polar surface area (TPSA) is 65.2 Å². The smallest absolute Gasteiger partial charge is 0.373 e. The lowest BCUT2D eigenvalue weighted by atomic mass is 10.2. The first-order valence-electron chi connectivity index (χ1n) is 9.12. The fraction of sp³-hybridized carbons (Fsp3) is 0.316. The zero-order chi connectivity index (χ0) is 21.3. The molecule has 0 amide bonds. The number of ether oxygens (including phenoxy) is 1. The van der Waals surface area contributed by atoms with Gasteiger partial charge in [0.1, 0.15) is 5.02 Å². The average molecular weight is 440 g/mol. The molecule has 1 saturated heterocycles. The van der Waals surface area contributed by atoms with Gasteiger partial charge >= 0.3 is 6.18 Å². The van der Waals surface area contributed by atoms with E-state index in [0.29, 0.717) is 31.9 Å². The van der Waals surface area contributed by atoms with Gasteiger partial charge in [-0.15, -0.1) is 0 Å². The maximum absolute atomic E-state index is 13.0. The summed E-state index contributed by atoms with van der Waals surface area (Å²) in [7, 11) is 0. The van der Waals surface area contributed by atoms with E-state index >= 15 is 0 Å². The summed E-state index contributed by atoms with van der Waals surface area (Å²) in [6, 6.07) is 6.19. The van der Waals surface area contributed by atoms with Crippen LogP contribution in [0, 0.1) is 0 Å². The number of nitrogens with zero attached hydrogens (tertiary/aromatic N) is 5. The number of morpholine rings is 1. The number of rotatable bonds is 4. The second-order valence-electron chi connectivity index (χ2n) is 6.78. The van der Waals surface area contributed by atoms with E-state index in [1.54, 1.807) is 10.9 Å². The molecule has 1 aromatic carbocycles. The number of hydrogen-bond donors (Lipinski definition) is 0. The van der Waals surface area contributed by atoms with Crippen molar-refractivity contribution in [2.45, 2.75) is 18.8 Å². The van der Waals surface area contributed by atoms with E-state index in [1.165, 1.54) is 18.3 Å². The first-order valence-corrected chi connectivity index (χ1v) is 9.50. The van der Waals surface area contributed by atoms with Crippen molar-refractivity contribution in [1.82, 2.24) is 19.6 Å². The molecule has 7 nitrogen and oxygen atoms in total. The molecule has 3 heterocycles. The van der Waals surface area contributed by atoms with Crippen LogP contribution in [0.5, 0.6) is 0 Å². The Morgan fingerprint density at radius 1 is 1.23 bits per heavy atom. The molecule has 30 heavy (non-hydrogen) atoms. The summed E-state index contributed by atoms with van der Waals surface area (Å²) in [5.74, 6) is 0. The molecule has 4 rings (SSSR count). The second kappa shape index (κ2) is 8.11. The molecule has 2 aromatic heterocycles. The van der Waals surface area contributed by atoms with Crippen LogP contribution in [0.1, 0.15) is 5.56 Å². The Labute approximate surface area is 174 Å². The van der Waals surface area contributed by atoms with Crippen molar-refractivity contribution in [2.24, 2.45) is 0 Å². The van der Waals surface area contributed by atoms with Crippen molar-refractivity contribution in [2.75, 3.05) is 24.6 Å². The highest BCUT2D eigenvalue weighted by atomic mass is 35.5. The van der Waals surface area contributed by atoms with Crippen molar-refractivity contribution in [3.05, 3.63) is 69.9 Å². The van der Waals surface area contributed by atoms with Crippen molar-refractivity contribution >= 4 is 17.3 Å². The molecule has 1 fully saturated rings. The largest absolute Gasteiger partial charge is 0.416 e. The number of anilines is 1. The molecule has 158 valence electrons. The van der Waals surface area contributed by atoms with E-state index in [1.807, 2.05) is 17.2 Å². The normalized spacial score (nSPS) is 17.3. The van der Waals surface area contributed by atoms with Gasteiger partial charge in [-0.05, 0) is 24.3 Å². The van der Waals surface area contributed by atoms with Gasteiger partial charge in [-0.2, -0.15) is 28.1 Å². The van der Waals surface area contributed by atoms with E-state index in [4.69, 9.17) is 16.3 Å². The third kappa shape index (κ3) is 4.19. The first-order chi connectivity index (χ1) is 14.3. The quantitative estimate of drug-likeness (QED) is 0.625. The van der Waals surface area contributed by atoms with Gasteiger partial charge in [-0.25, -0.2) is 0 Å². The van der Waals surface area contributed by atoms with Crippen molar-refractivity contribution in [3.8, 4) is 5.69 Å². The van der Waals surface area contributed by atoms with Crippen LogP contribution in [0.3, 0.4) is 0 Å². The Kier molecular flexibility index (Phi) is 5.52. The Morgan fingerprint density at radius 3 is 2.80 bits per heavy atom. The Bertz CT molecular complexity index is 1080. The maximum atomic E-state index is 13.0. The van der Waals surface area contributed by atoms with Gasteiger partial charge in [0.2, 0.25) is 0 Å². The van der Waals surface area contributed by atoms with Crippen molar-refractivity contribution in [1.29, 1.82) is 0 Å². The summed E-state index contributed by atoms with van der Waals surface area (Å²) in [5.41, 5.74) is -1.16.